The highest BCUT2D eigenvalue weighted by molar-refractivity contribution is 9.10. The Hall–Kier alpha value is -3.50. The number of rotatable bonds is 9. The quantitative estimate of drug-likeness (QED) is 0.401. The summed E-state index contributed by atoms with van der Waals surface area (Å²) in [6.07, 6.45) is 0.0652. The second-order valence-corrected chi connectivity index (χ2v) is 9.94. The van der Waals surface area contributed by atoms with Crippen molar-refractivity contribution in [1.82, 2.24) is 4.90 Å². The Bertz CT molecular complexity index is 1330. The Morgan fingerprint density at radius 1 is 0.941 bits per heavy atom. The van der Waals surface area contributed by atoms with Crippen LogP contribution in [0.3, 0.4) is 0 Å². The maximum absolute atomic E-state index is 13.4. The zero-order valence-electron chi connectivity index (χ0n) is 18.1. The third-order valence-electron chi connectivity index (χ3n) is 5.13. The van der Waals surface area contributed by atoms with Gasteiger partial charge in [0.05, 0.1) is 11.3 Å². The van der Waals surface area contributed by atoms with Gasteiger partial charge in [0.25, 0.3) is 21.8 Å². The summed E-state index contributed by atoms with van der Waals surface area (Å²) in [5.41, 5.74) is 6.00. The number of Topliss-reactive ketones (excluding diaryl/α,β-unsaturated/α-hetero) is 1. The lowest BCUT2D eigenvalue weighted by Crippen LogP contribution is -2.48. The number of nitrogens with one attached hydrogen (secondary N) is 1. The molecule has 0 heterocycles. The van der Waals surface area contributed by atoms with E-state index in [4.69, 9.17) is 5.73 Å². The van der Waals surface area contributed by atoms with E-state index in [1.807, 2.05) is 0 Å². The molecule has 0 aliphatic carbocycles. The number of nitrogens with zero attached hydrogens (tertiary/aromatic N) is 1. The first kappa shape index (κ1) is 25.1. The number of carbonyl (C=O) groups excluding carboxylic acids is 3. The molecule has 3 rings (SSSR count). The van der Waals surface area contributed by atoms with E-state index in [1.165, 1.54) is 25.2 Å². The molecule has 8 nitrogen and oxygen atoms in total. The molecule has 1 atom stereocenters. The van der Waals surface area contributed by atoms with Gasteiger partial charge in [0.15, 0.2) is 0 Å². The molecule has 0 saturated heterocycles. The van der Waals surface area contributed by atoms with Crippen molar-refractivity contribution < 1.29 is 22.8 Å². The smallest absolute Gasteiger partial charge is 0.287 e. The molecule has 3 aromatic rings. The molecule has 10 heteroatoms. The van der Waals surface area contributed by atoms with Crippen LogP contribution in [-0.4, -0.2) is 44.0 Å². The first-order valence-electron chi connectivity index (χ1n) is 10.1. The first-order valence-corrected chi connectivity index (χ1v) is 12.4. The van der Waals surface area contributed by atoms with E-state index in [0.717, 1.165) is 10.5 Å². The SMILES string of the molecule is CN(C(=O)c1ccccc1NS(=O)(=O)c1ccccc1Br)C(Cc1ccccc1)C(=O)C(N)=O. The van der Waals surface area contributed by atoms with Crippen LogP contribution < -0.4 is 10.5 Å². The molecule has 0 fully saturated rings. The molecule has 34 heavy (non-hydrogen) atoms. The number of carbonyl (C=O) groups is 3. The van der Waals surface area contributed by atoms with Gasteiger partial charge < -0.3 is 10.6 Å². The minimum atomic E-state index is -4.03. The van der Waals surface area contributed by atoms with Crippen molar-refractivity contribution in [3.05, 3.63) is 94.5 Å². The zero-order chi connectivity index (χ0) is 24.9. The summed E-state index contributed by atoms with van der Waals surface area (Å²) < 4.78 is 28.7. The van der Waals surface area contributed by atoms with E-state index >= 15 is 0 Å². The van der Waals surface area contributed by atoms with Crippen LogP contribution in [0, 0.1) is 0 Å². The van der Waals surface area contributed by atoms with Gasteiger partial charge in [-0.05, 0) is 45.8 Å². The molecule has 1 unspecified atom stereocenters. The fourth-order valence-electron chi connectivity index (χ4n) is 3.36. The highest BCUT2D eigenvalue weighted by atomic mass is 79.9. The third-order valence-corrected chi connectivity index (χ3v) is 7.51. The Morgan fingerprint density at radius 3 is 2.18 bits per heavy atom. The summed E-state index contributed by atoms with van der Waals surface area (Å²) in [5.74, 6) is -2.74. The second-order valence-electron chi connectivity index (χ2n) is 7.43. The summed E-state index contributed by atoms with van der Waals surface area (Å²) >= 11 is 3.22. The Morgan fingerprint density at radius 2 is 1.53 bits per heavy atom. The van der Waals surface area contributed by atoms with Crippen LogP contribution in [-0.2, 0) is 26.0 Å². The maximum atomic E-state index is 13.4. The first-order chi connectivity index (χ1) is 16.1. The Kier molecular flexibility index (Phi) is 7.85. The van der Waals surface area contributed by atoms with Crippen molar-refractivity contribution >= 4 is 49.2 Å². The van der Waals surface area contributed by atoms with Gasteiger partial charge >= 0.3 is 0 Å². The van der Waals surface area contributed by atoms with Gasteiger partial charge in [-0.3, -0.25) is 19.1 Å². The minimum absolute atomic E-state index is 0.00327. The van der Waals surface area contributed by atoms with Crippen molar-refractivity contribution in [3.8, 4) is 0 Å². The third kappa shape index (κ3) is 5.70. The van der Waals surface area contributed by atoms with E-state index in [-0.39, 0.29) is 22.6 Å². The molecule has 0 aromatic heterocycles. The van der Waals surface area contributed by atoms with Crippen molar-refractivity contribution in [3.63, 3.8) is 0 Å². The highest BCUT2D eigenvalue weighted by Crippen LogP contribution is 2.26. The van der Waals surface area contributed by atoms with Crippen molar-refractivity contribution in [2.75, 3.05) is 11.8 Å². The lowest BCUT2D eigenvalue weighted by atomic mass is 9.99. The maximum Gasteiger partial charge on any atom is 0.287 e. The number of nitrogens with two attached hydrogens (primary N) is 1. The molecule has 0 radical (unpaired) electrons. The minimum Gasteiger partial charge on any atom is -0.363 e. The summed E-state index contributed by atoms with van der Waals surface area (Å²) in [6.45, 7) is 0. The van der Waals surface area contributed by atoms with Crippen LogP contribution in [0.4, 0.5) is 5.69 Å². The average molecular weight is 544 g/mol. The normalized spacial score (nSPS) is 11.9. The van der Waals surface area contributed by atoms with Crippen LogP contribution >= 0.6 is 15.9 Å². The molecule has 0 spiro atoms. The van der Waals surface area contributed by atoms with Gasteiger partial charge in [-0.2, -0.15) is 0 Å². The predicted octanol–water partition coefficient (Wildman–Crippen LogP) is 2.99. The number of benzene rings is 3. The number of sulfonamides is 1. The Balaban J connectivity index is 1.95. The number of amides is 2. The summed E-state index contributed by atoms with van der Waals surface area (Å²) in [5, 5.41) is 0. The predicted molar refractivity (Wildman–Crippen MR) is 132 cm³/mol. The number of hydrogen-bond acceptors (Lipinski definition) is 5. The lowest BCUT2D eigenvalue weighted by Gasteiger charge is -2.27. The summed E-state index contributed by atoms with van der Waals surface area (Å²) in [4.78, 5) is 38.7. The second kappa shape index (κ2) is 10.6. The van der Waals surface area contributed by atoms with Crippen LogP contribution in [0.5, 0.6) is 0 Å². The summed E-state index contributed by atoms with van der Waals surface area (Å²) in [7, 11) is -2.66. The fourth-order valence-corrected chi connectivity index (χ4v) is 5.44. The number of hydrogen-bond donors (Lipinski definition) is 2. The number of likely N-dealkylation sites (N-methyl/N-ethyl adjacent to an activating group) is 1. The topological polar surface area (TPSA) is 127 Å². The molecular formula is C24H22BrN3O5S. The number of primary amides is 1. The molecule has 3 aromatic carbocycles. The van der Waals surface area contributed by atoms with E-state index in [1.54, 1.807) is 60.7 Å². The van der Waals surface area contributed by atoms with Crippen molar-refractivity contribution in [2.45, 2.75) is 17.4 Å². The van der Waals surface area contributed by atoms with Gasteiger partial charge in [0.2, 0.25) is 5.78 Å². The number of ketones is 1. The van der Waals surface area contributed by atoms with E-state index in [0.29, 0.717) is 4.47 Å². The molecule has 176 valence electrons. The molecular weight excluding hydrogens is 522 g/mol. The molecule has 0 bridgehead atoms. The van der Waals surface area contributed by atoms with E-state index < -0.39 is 33.7 Å². The highest BCUT2D eigenvalue weighted by Gasteiger charge is 2.32. The van der Waals surface area contributed by atoms with Gasteiger partial charge in [0.1, 0.15) is 10.9 Å². The van der Waals surface area contributed by atoms with Crippen molar-refractivity contribution in [1.29, 1.82) is 0 Å². The lowest BCUT2D eigenvalue weighted by molar-refractivity contribution is -0.138. The molecule has 0 saturated carbocycles. The molecule has 2 amide bonds. The number of anilines is 1. The van der Waals surface area contributed by atoms with Gasteiger partial charge in [0, 0.05) is 17.9 Å². The van der Waals surface area contributed by atoms with Crippen molar-refractivity contribution in [2.24, 2.45) is 5.73 Å². The fraction of sp³-hybridized carbons (Fsp3) is 0.125. The van der Waals surface area contributed by atoms with Crippen LogP contribution in [0.25, 0.3) is 0 Å². The average Bonchev–Trinajstić information content (AvgIpc) is 2.82. The van der Waals surface area contributed by atoms with Crippen LogP contribution in [0.2, 0.25) is 0 Å². The van der Waals surface area contributed by atoms with Crippen LogP contribution in [0.1, 0.15) is 15.9 Å². The molecule has 0 aliphatic heterocycles. The van der Waals surface area contributed by atoms with Gasteiger partial charge in [-0.15, -0.1) is 0 Å². The van der Waals surface area contributed by atoms with E-state index in [2.05, 4.69) is 20.7 Å². The number of halogens is 1. The monoisotopic (exact) mass is 543 g/mol. The number of para-hydroxylation sites is 1. The Labute approximate surface area is 205 Å². The van der Waals surface area contributed by atoms with E-state index in [9.17, 15) is 22.8 Å². The standard InChI is InChI=1S/C24H22BrN3O5S/c1-28(20(22(29)23(26)30)15-16-9-3-2-4-10-16)24(31)17-11-5-7-13-19(17)27-34(32,33)21-14-8-6-12-18(21)25/h2-14,20,27H,15H2,1H3,(H2,26,30). The zero-order valence-corrected chi connectivity index (χ0v) is 20.5. The van der Waals surface area contributed by atoms with Gasteiger partial charge in [-0.25, -0.2) is 8.42 Å². The van der Waals surface area contributed by atoms with Crippen LogP contribution in [0.15, 0.2) is 88.2 Å². The summed E-state index contributed by atoms with van der Waals surface area (Å²) in [6, 6.07) is 20.0. The molecule has 3 N–H and O–H groups in total. The largest absolute Gasteiger partial charge is 0.363 e. The molecule has 0 aliphatic rings. The van der Waals surface area contributed by atoms with Gasteiger partial charge in [-0.1, -0.05) is 54.6 Å².